The van der Waals surface area contributed by atoms with E-state index in [1.807, 2.05) is 6.07 Å². The molecule has 5 nitrogen and oxygen atoms in total. The van der Waals surface area contributed by atoms with Crippen molar-refractivity contribution in [3.63, 3.8) is 0 Å². The predicted molar refractivity (Wildman–Crippen MR) is 139 cm³/mol. The van der Waals surface area contributed by atoms with Crippen LogP contribution in [0.5, 0.6) is 0 Å². The lowest BCUT2D eigenvalue weighted by Gasteiger charge is -2.42. The number of hydrogen-bond donors (Lipinski definition) is 2. The Balaban J connectivity index is 1.31. The summed E-state index contributed by atoms with van der Waals surface area (Å²) in [7, 11) is 0. The van der Waals surface area contributed by atoms with Crippen LogP contribution in [0.25, 0.3) is 0 Å². The Morgan fingerprint density at radius 3 is 2.35 bits per heavy atom. The van der Waals surface area contributed by atoms with E-state index in [0.717, 1.165) is 25.4 Å². The smallest absolute Gasteiger partial charge is 0.287 e. The van der Waals surface area contributed by atoms with Crippen LogP contribution in [0.1, 0.15) is 91.9 Å². The molecule has 5 heteroatoms. The molecule has 0 saturated carbocycles. The van der Waals surface area contributed by atoms with E-state index < -0.39 is 0 Å². The predicted octanol–water partition coefficient (Wildman–Crippen LogP) is 4.94. The molecule has 0 radical (unpaired) electrons. The minimum absolute atomic E-state index is 0.141. The zero-order valence-corrected chi connectivity index (χ0v) is 21.9. The Morgan fingerprint density at radius 1 is 0.971 bits per heavy atom. The summed E-state index contributed by atoms with van der Waals surface area (Å²) >= 11 is 0. The highest BCUT2D eigenvalue weighted by atomic mass is 16.3. The molecule has 1 aromatic carbocycles. The van der Waals surface area contributed by atoms with Crippen molar-refractivity contribution >= 4 is 5.91 Å². The van der Waals surface area contributed by atoms with Crippen LogP contribution >= 0.6 is 0 Å². The quantitative estimate of drug-likeness (QED) is 0.515. The van der Waals surface area contributed by atoms with Gasteiger partial charge < -0.3 is 20.0 Å². The molecule has 4 rings (SSSR count). The molecule has 2 N–H and O–H groups in total. The number of carbonyl (C=O) groups is 1. The van der Waals surface area contributed by atoms with E-state index in [0.29, 0.717) is 18.7 Å². The maximum Gasteiger partial charge on any atom is 0.287 e. The lowest BCUT2D eigenvalue weighted by atomic mass is 9.62. The van der Waals surface area contributed by atoms with Crippen LogP contribution in [0.4, 0.5) is 0 Å². The summed E-state index contributed by atoms with van der Waals surface area (Å²) in [6, 6.07) is 8.52. The highest BCUT2D eigenvalue weighted by Gasteiger charge is 2.37. The minimum Gasteiger partial charge on any atom is -0.456 e. The molecule has 1 aliphatic heterocycles. The number of rotatable bonds is 9. The molecule has 2 aliphatic rings. The fourth-order valence-corrected chi connectivity index (χ4v) is 5.46. The molecule has 1 aliphatic carbocycles. The summed E-state index contributed by atoms with van der Waals surface area (Å²) in [5.41, 5.74) is 5.93. The Morgan fingerprint density at radius 2 is 1.65 bits per heavy atom. The summed E-state index contributed by atoms with van der Waals surface area (Å²) in [5, 5.41) is 6.38. The fraction of sp³-hybridized carbons (Fsp3) is 0.621. The minimum atomic E-state index is -0.141. The molecule has 1 fully saturated rings. The van der Waals surface area contributed by atoms with Gasteiger partial charge in [-0.1, -0.05) is 39.8 Å². The largest absolute Gasteiger partial charge is 0.456 e. The highest BCUT2D eigenvalue weighted by molar-refractivity contribution is 5.91. The van der Waals surface area contributed by atoms with Crippen LogP contribution in [0.15, 0.2) is 28.7 Å². The SMILES string of the molecule is Cc1cc2c(cc1Cc1ccc(C(=O)NCCNCCN3CCCC3)o1)C(C)(C)CCC2(C)C. The summed E-state index contributed by atoms with van der Waals surface area (Å²) in [4.78, 5) is 15.0. The number of benzene rings is 1. The first-order chi connectivity index (χ1) is 16.2. The third-order valence-electron chi connectivity index (χ3n) is 7.95. The number of carbonyl (C=O) groups excluding carboxylic acids is 1. The van der Waals surface area contributed by atoms with E-state index in [9.17, 15) is 4.79 Å². The van der Waals surface area contributed by atoms with Gasteiger partial charge in [0.2, 0.25) is 0 Å². The molecule has 2 aromatic rings. The van der Waals surface area contributed by atoms with Gasteiger partial charge in [0.05, 0.1) is 0 Å². The Kier molecular flexibility index (Phi) is 7.54. The van der Waals surface area contributed by atoms with Crippen LogP contribution in [-0.4, -0.2) is 50.1 Å². The third-order valence-corrected chi connectivity index (χ3v) is 7.95. The molecule has 1 saturated heterocycles. The Hall–Kier alpha value is -2.11. The first kappa shape index (κ1) is 25.0. The molecule has 0 atom stereocenters. The normalized spacial score (nSPS) is 19.2. The van der Waals surface area contributed by atoms with Crippen LogP contribution in [-0.2, 0) is 17.3 Å². The molecule has 0 spiro atoms. The molecule has 1 aromatic heterocycles. The molecular formula is C29H43N3O2. The van der Waals surface area contributed by atoms with Crippen molar-refractivity contribution in [2.75, 3.05) is 39.3 Å². The van der Waals surface area contributed by atoms with E-state index in [2.05, 4.69) is 62.3 Å². The summed E-state index contributed by atoms with van der Waals surface area (Å²) < 4.78 is 5.95. The van der Waals surface area contributed by atoms with Crippen molar-refractivity contribution in [1.82, 2.24) is 15.5 Å². The van der Waals surface area contributed by atoms with Gasteiger partial charge in [0.15, 0.2) is 5.76 Å². The third kappa shape index (κ3) is 5.75. The number of fused-ring (bicyclic) bond motifs is 1. The van der Waals surface area contributed by atoms with Crippen molar-refractivity contribution in [2.24, 2.45) is 0 Å². The summed E-state index contributed by atoms with van der Waals surface area (Å²) in [6.45, 7) is 17.5. The number of furan rings is 1. The van der Waals surface area contributed by atoms with Gasteiger partial charge in [0.25, 0.3) is 5.91 Å². The Bertz CT molecular complexity index is 999. The second kappa shape index (κ2) is 10.2. The maximum atomic E-state index is 12.5. The monoisotopic (exact) mass is 465 g/mol. The number of hydrogen-bond acceptors (Lipinski definition) is 4. The number of likely N-dealkylation sites (tertiary alicyclic amines) is 1. The van der Waals surface area contributed by atoms with Gasteiger partial charge in [-0.05, 0) is 90.9 Å². The first-order valence-electron chi connectivity index (χ1n) is 13.1. The standard InChI is InChI=1S/C29H43N3O2/c1-21-18-24-25(29(4,5)11-10-28(24,2)3)20-22(21)19-23-8-9-26(34-23)27(33)31-13-12-30-14-17-32-15-6-7-16-32/h8-9,18,20,30H,6-7,10-17,19H2,1-5H3,(H,31,33). The van der Waals surface area contributed by atoms with Gasteiger partial charge in [-0.15, -0.1) is 0 Å². The topological polar surface area (TPSA) is 57.5 Å². The summed E-state index contributed by atoms with van der Waals surface area (Å²) in [5.74, 6) is 1.09. The van der Waals surface area contributed by atoms with E-state index in [4.69, 9.17) is 4.42 Å². The van der Waals surface area contributed by atoms with E-state index in [-0.39, 0.29) is 16.7 Å². The first-order valence-corrected chi connectivity index (χ1v) is 13.1. The average Bonchev–Trinajstić information content (AvgIpc) is 3.47. The van der Waals surface area contributed by atoms with Crippen LogP contribution in [0, 0.1) is 6.92 Å². The van der Waals surface area contributed by atoms with Gasteiger partial charge >= 0.3 is 0 Å². The molecular weight excluding hydrogens is 422 g/mol. The molecule has 0 unspecified atom stereocenters. The van der Waals surface area contributed by atoms with Crippen molar-refractivity contribution in [3.8, 4) is 0 Å². The van der Waals surface area contributed by atoms with E-state index >= 15 is 0 Å². The fourth-order valence-electron chi connectivity index (χ4n) is 5.46. The lowest BCUT2D eigenvalue weighted by Crippen LogP contribution is -2.35. The van der Waals surface area contributed by atoms with Crippen molar-refractivity contribution < 1.29 is 9.21 Å². The second-order valence-corrected chi connectivity index (χ2v) is 11.6. The molecule has 34 heavy (non-hydrogen) atoms. The van der Waals surface area contributed by atoms with Crippen molar-refractivity contribution in [1.29, 1.82) is 0 Å². The second-order valence-electron chi connectivity index (χ2n) is 11.6. The van der Waals surface area contributed by atoms with Gasteiger partial charge in [-0.3, -0.25) is 4.79 Å². The molecule has 186 valence electrons. The van der Waals surface area contributed by atoms with Gasteiger partial charge in [0.1, 0.15) is 5.76 Å². The maximum absolute atomic E-state index is 12.5. The van der Waals surface area contributed by atoms with Crippen molar-refractivity contribution in [3.05, 3.63) is 58.0 Å². The zero-order valence-electron chi connectivity index (χ0n) is 21.9. The van der Waals surface area contributed by atoms with Crippen LogP contribution in [0.2, 0.25) is 0 Å². The van der Waals surface area contributed by atoms with Gasteiger partial charge in [-0.2, -0.15) is 0 Å². The molecule has 0 bridgehead atoms. The number of nitrogens with one attached hydrogen (secondary N) is 2. The van der Waals surface area contributed by atoms with Crippen molar-refractivity contribution in [2.45, 2.75) is 77.6 Å². The van der Waals surface area contributed by atoms with Crippen LogP contribution in [0.3, 0.4) is 0 Å². The Labute approximate surface area is 205 Å². The van der Waals surface area contributed by atoms with E-state index in [1.54, 1.807) is 6.07 Å². The zero-order chi connectivity index (χ0) is 24.3. The number of nitrogens with zero attached hydrogens (tertiary/aromatic N) is 1. The molecule has 1 amide bonds. The number of amides is 1. The number of aryl methyl sites for hydroxylation is 1. The average molecular weight is 466 g/mol. The summed E-state index contributed by atoms with van der Waals surface area (Å²) in [6.07, 6.45) is 5.78. The van der Waals surface area contributed by atoms with Gasteiger partial charge in [-0.25, -0.2) is 0 Å². The van der Waals surface area contributed by atoms with Crippen LogP contribution < -0.4 is 10.6 Å². The van der Waals surface area contributed by atoms with Gasteiger partial charge in [0, 0.05) is 32.6 Å². The molecule has 2 heterocycles. The highest BCUT2D eigenvalue weighted by Crippen LogP contribution is 2.46. The van der Waals surface area contributed by atoms with E-state index in [1.165, 1.54) is 61.0 Å². The lowest BCUT2D eigenvalue weighted by molar-refractivity contribution is 0.0924.